The molecule has 2 N–H and O–H groups in total. The van der Waals surface area contributed by atoms with Gasteiger partial charge in [0.15, 0.2) is 5.65 Å². The van der Waals surface area contributed by atoms with E-state index in [0.717, 1.165) is 17.7 Å². The van der Waals surface area contributed by atoms with Gasteiger partial charge in [0.25, 0.3) is 0 Å². The Morgan fingerprint density at radius 2 is 2.13 bits per heavy atom. The molecule has 1 atom stereocenters. The van der Waals surface area contributed by atoms with Crippen LogP contribution in [0.2, 0.25) is 0 Å². The SMILES string of the molecule is CCC(CO)Nc1ccc2ncc(-c3ccc(F)c(C)c3)n2n1. The van der Waals surface area contributed by atoms with Gasteiger partial charge in [-0.3, -0.25) is 0 Å². The molecule has 0 aliphatic heterocycles. The number of nitrogens with one attached hydrogen (secondary N) is 1. The Morgan fingerprint density at radius 1 is 1.30 bits per heavy atom. The summed E-state index contributed by atoms with van der Waals surface area (Å²) in [5, 5.41) is 17.0. The average Bonchev–Trinajstić information content (AvgIpc) is 2.98. The fourth-order valence-corrected chi connectivity index (χ4v) is 2.44. The molecule has 0 saturated heterocycles. The van der Waals surface area contributed by atoms with Crippen LogP contribution in [-0.2, 0) is 0 Å². The molecule has 2 heterocycles. The number of nitrogens with zero attached hydrogens (tertiary/aromatic N) is 3. The normalized spacial score (nSPS) is 12.5. The van der Waals surface area contributed by atoms with Crippen LogP contribution in [0.3, 0.4) is 0 Å². The van der Waals surface area contributed by atoms with Crippen LogP contribution in [0.25, 0.3) is 16.9 Å². The van der Waals surface area contributed by atoms with Crippen molar-refractivity contribution in [2.45, 2.75) is 26.3 Å². The first-order valence-corrected chi connectivity index (χ1v) is 7.61. The third-order valence-electron chi connectivity index (χ3n) is 3.88. The highest BCUT2D eigenvalue weighted by Crippen LogP contribution is 2.23. The van der Waals surface area contributed by atoms with E-state index in [-0.39, 0.29) is 18.5 Å². The molecule has 0 saturated carbocycles. The summed E-state index contributed by atoms with van der Waals surface area (Å²) < 4.78 is 15.2. The molecule has 0 fully saturated rings. The Labute approximate surface area is 133 Å². The Balaban J connectivity index is 2.02. The van der Waals surface area contributed by atoms with Gasteiger partial charge in [0, 0.05) is 5.56 Å². The Morgan fingerprint density at radius 3 is 2.83 bits per heavy atom. The van der Waals surface area contributed by atoms with Gasteiger partial charge < -0.3 is 10.4 Å². The molecule has 6 heteroatoms. The second-order valence-corrected chi connectivity index (χ2v) is 5.53. The molecule has 0 aliphatic rings. The summed E-state index contributed by atoms with van der Waals surface area (Å²) in [6.45, 7) is 3.77. The summed E-state index contributed by atoms with van der Waals surface area (Å²) in [4.78, 5) is 4.34. The fourth-order valence-electron chi connectivity index (χ4n) is 2.44. The summed E-state index contributed by atoms with van der Waals surface area (Å²) in [5.74, 6) is 0.433. The molecule has 0 bridgehead atoms. The van der Waals surface area contributed by atoms with Gasteiger partial charge in [-0.1, -0.05) is 6.92 Å². The van der Waals surface area contributed by atoms with Crippen LogP contribution in [-0.4, -0.2) is 32.4 Å². The molecule has 120 valence electrons. The lowest BCUT2D eigenvalue weighted by Gasteiger charge is -2.14. The van der Waals surface area contributed by atoms with Crippen LogP contribution in [0.4, 0.5) is 10.2 Å². The third-order valence-corrected chi connectivity index (χ3v) is 3.88. The largest absolute Gasteiger partial charge is 0.394 e. The average molecular weight is 314 g/mol. The number of imidazole rings is 1. The lowest BCUT2D eigenvalue weighted by molar-refractivity contribution is 0.271. The van der Waals surface area contributed by atoms with Crippen LogP contribution in [0, 0.1) is 12.7 Å². The number of aliphatic hydroxyl groups excluding tert-OH is 1. The molecule has 0 amide bonds. The first-order chi connectivity index (χ1) is 11.1. The second kappa shape index (κ2) is 6.34. The summed E-state index contributed by atoms with van der Waals surface area (Å²) in [6, 6.07) is 8.60. The molecule has 3 aromatic rings. The van der Waals surface area contributed by atoms with Gasteiger partial charge >= 0.3 is 0 Å². The van der Waals surface area contributed by atoms with E-state index in [1.807, 2.05) is 19.1 Å². The molecule has 0 radical (unpaired) electrons. The number of aromatic nitrogens is 3. The molecule has 1 unspecified atom stereocenters. The lowest BCUT2D eigenvalue weighted by atomic mass is 10.1. The highest BCUT2D eigenvalue weighted by Gasteiger charge is 2.11. The van der Waals surface area contributed by atoms with Crippen molar-refractivity contribution in [3.63, 3.8) is 0 Å². The predicted molar refractivity (Wildman–Crippen MR) is 87.9 cm³/mol. The predicted octanol–water partition coefficient (Wildman–Crippen LogP) is 3.03. The Bertz CT molecular complexity index is 827. The maximum absolute atomic E-state index is 13.5. The van der Waals surface area contributed by atoms with Crippen LogP contribution < -0.4 is 5.32 Å². The van der Waals surface area contributed by atoms with Gasteiger partial charge in [-0.05, 0) is 49.2 Å². The second-order valence-electron chi connectivity index (χ2n) is 5.53. The van der Waals surface area contributed by atoms with Crippen LogP contribution >= 0.6 is 0 Å². The zero-order valence-corrected chi connectivity index (χ0v) is 13.1. The molecular formula is C17H19FN4O. The fraction of sp³-hybridized carbons (Fsp3) is 0.294. The maximum Gasteiger partial charge on any atom is 0.154 e. The van der Waals surface area contributed by atoms with Gasteiger partial charge in [0.1, 0.15) is 11.6 Å². The number of halogens is 1. The van der Waals surface area contributed by atoms with Crippen molar-refractivity contribution in [2.75, 3.05) is 11.9 Å². The number of hydrogen-bond acceptors (Lipinski definition) is 4. The molecule has 3 rings (SSSR count). The van der Waals surface area contributed by atoms with Crippen LogP contribution in [0.5, 0.6) is 0 Å². The standard InChI is InChI=1S/C17H19FN4O/c1-3-13(10-23)20-16-6-7-17-19-9-15(22(17)21-16)12-4-5-14(18)11(2)8-12/h4-9,13,23H,3,10H2,1-2H3,(H,20,21). The first kappa shape index (κ1) is 15.4. The minimum absolute atomic E-state index is 0.0417. The van der Waals surface area contributed by atoms with E-state index >= 15 is 0 Å². The first-order valence-electron chi connectivity index (χ1n) is 7.61. The van der Waals surface area contributed by atoms with Crippen molar-refractivity contribution in [2.24, 2.45) is 0 Å². The van der Waals surface area contributed by atoms with Gasteiger partial charge in [-0.15, -0.1) is 5.10 Å². The van der Waals surface area contributed by atoms with Crippen LogP contribution in [0.1, 0.15) is 18.9 Å². The zero-order chi connectivity index (χ0) is 16.4. The number of aliphatic hydroxyl groups is 1. The number of benzene rings is 1. The molecule has 1 aromatic carbocycles. The summed E-state index contributed by atoms with van der Waals surface area (Å²) in [6.07, 6.45) is 2.52. The lowest BCUT2D eigenvalue weighted by Crippen LogP contribution is -2.23. The molecular weight excluding hydrogens is 295 g/mol. The van der Waals surface area contributed by atoms with Crippen molar-refractivity contribution < 1.29 is 9.50 Å². The highest BCUT2D eigenvalue weighted by atomic mass is 19.1. The van der Waals surface area contributed by atoms with Crippen LogP contribution in [0.15, 0.2) is 36.5 Å². The van der Waals surface area contributed by atoms with E-state index in [0.29, 0.717) is 17.0 Å². The van der Waals surface area contributed by atoms with E-state index in [4.69, 9.17) is 0 Å². The number of hydrogen-bond donors (Lipinski definition) is 2. The van der Waals surface area contributed by atoms with E-state index in [9.17, 15) is 9.50 Å². The Kier molecular flexibility index (Phi) is 4.25. The zero-order valence-electron chi connectivity index (χ0n) is 13.1. The van der Waals surface area contributed by atoms with E-state index in [1.54, 1.807) is 29.8 Å². The van der Waals surface area contributed by atoms with Gasteiger partial charge in [0.2, 0.25) is 0 Å². The van der Waals surface area contributed by atoms with E-state index in [1.165, 1.54) is 6.07 Å². The van der Waals surface area contributed by atoms with Gasteiger partial charge in [-0.2, -0.15) is 0 Å². The smallest absolute Gasteiger partial charge is 0.154 e. The Hall–Kier alpha value is -2.47. The number of anilines is 1. The quantitative estimate of drug-likeness (QED) is 0.760. The summed E-state index contributed by atoms with van der Waals surface area (Å²) in [7, 11) is 0. The maximum atomic E-state index is 13.5. The van der Waals surface area contributed by atoms with Crippen molar-refractivity contribution in [1.82, 2.24) is 14.6 Å². The summed E-state index contributed by atoms with van der Waals surface area (Å²) in [5.41, 5.74) is 2.95. The molecule has 23 heavy (non-hydrogen) atoms. The van der Waals surface area contributed by atoms with Crippen molar-refractivity contribution in [3.8, 4) is 11.3 Å². The monoisotopic (exact) mass is 314 g/mol. The minimum atomic E-state index is -0.230. The number of rotatable bonds is 5. The number of fused-ring (bicyclic) bond motifs is 1. The highest BCUT2D eigenvalue weighted by molar-refractivity contribution is 5.64. The molecule has 2 aromatic heterocycles. The third kappa shape index (κ3) is 3.03. The van der Waals surface area contributed by atoms with E-state index < -0.39 is 0 Å². The molecule has 0 spiro atoms. The van der Waals surface area contributed by atoms with Crippen molar-refractivity contribution in [3.05, 3.63) is 47.9 Å². The van der Waals surface area contributed by atoms with E-state index in [2.05, 4.69) is 15.4 Å². The topological polar surface area (TPSA) is 62.5 Å². The number of aryl methyl sites for hydroxylation is 1. The molecule has 0 aliphatic carbocycles. The van der Waals surface area contributed by atoms with Crippen molar-refractivity contribution in [1.29, 1.82) is 0 Å². The van der Waals surface area contributed by atoms with Crippen molar-refractivity contribution >= 4 is 11.5 Å². The van der Waals surface area contributed by atoms with Gasteiger partial charge in [0.05, 0.1) is 24.5 Å². The molecule has 5 nitrogen and oxygen atoms in total. The minimum Gasteiger partial charge on any atom is -0.394 e. The summed E-state index contributed by atoms with van der Waals surface area (Å²) >= 11 is 0. The van der Waals surface area contributed by atoms with Gasteiger partial charge in [-0.25, -0.2) is 13.9 Å².